The van der Waals surface area contributed by atoms with E-state index >= 15 is 0 Å². The Hall–Kier alpha value is -2.16. The number of nitrogens with one attached hydrogen (secondary N) is 1. The Bertz CT molecular complexity index is 549. The summed E-state index contributed by atoms with van der Waals surface area (Å²) in [6.45, 7) is 4.90. The van der Waals surface area contributed by atoms with Crippen molar-refractivity contribution in [3.63, 3.8) is 0 Å². The van der Waals surface area contributed by atoms with E-state index in [1.54, 1.807) is 0 Å². The normalized spacial score (nSPS) is 10.3. The fourth-order valence-electron chi connectivity index (χ4n) is 1.97. The lowest BCUT2D eigenvalue weighted by atomic mass is 10.1. The first kappa shape index (κ1) is 14.3. The predicted octanol–water partition coefficient (Wildman–Crippen LogP) is 4.36. The SMILES string of the molecule is CCCOc1cccc(Nc2ccc(CC)cc2)c1N. The van der Waals surface area contributed by atoms with Crippen LogP contribution in [0.4, 0.5) is 17.1 Å². The maximum atomic E-state index is 6.14. The van der Waals surface area contributed by atoms with Crippen molar-refractivity contribution in [2.24, 2.45) is 0 Å². The van der Waals surface area contributed by atoms with Gasteiger partial charge in [-0.2, -0.15) is 0 Å². The first-order valence-electron chi connectivity index (χ1n) is 7.11. The first-order chi connectivity index (χ1) is 9.74. The zero-order chi connectivity index (χ0) is 14.4. The Kier molecular flexibility index (Phi) is 4.88. The number of hydrogen-bond donors (Lipinski definition) is 2. The van der Waals surface area contributed by atoms with E-state index in [2.05, 4.69) is 43.4 Å². The van der Waals surface area contributed by atoms with Crippen LogP contribution in [0.3, 0.4) is 0 Å². The van der Waals surface area contributed by atoms with Gasteiger partial charge in [-0.25, -0.2) is 0 Å². The first-order valence-corrected chi connectivity index (χ1v) is 7.11. The summed E-state index contributed by atoms with van der Waals surface area (Å²) in [5, 5.41) is 3.34. The number of nitrogens with two attached hydrogens (primary N) is 1. The summed E-state index contributed by atoms with van der Waals surface area (Å²) < 4.78 is 5.64. The molecule has 3 N–H and O–H groups in total. The summed E-state index contributed by atoms with van der Waals surface area (Å²) in [5.41, 5.74) is 10.0. The molecule has 0 heterocycles. The van der Waals surface area contributed by atoms with Gasteiger partial charge in [-0.15, -0.1) is 0 Å². The smallest absolute Gasteiger partial charge is 0.144 e. The molecule has 3 nitrogen and oxygen atoms in total. The van der Waals surface area contributed by atoms with Crippen molar-refractivity contribution in [1.82, 2.24) is 0 Å². The minimum atomic E-state index is 0.653. The molecular formula is C17H22N2O. The van der Waals surface area contributed by atoms with Gasteiger partial charge in [0, 0.05) is 5.69 Å². The second-order valence-corrected chi connectivity index (χ2v) is 4.74. The molecule has 0 aromatic heterocycles. The molecule has 3 heteroatoms. The van der Waals surface area contributed by atoms with Gasteiger partial charge in [0.25, 0.3) is 0 Å². The molecule has 0 saturated carbocycles. The summed E-state index contributed by atoms with van der Waals surface area (Å²) in [6, 6.07) is 14.2. The second-order valence-electron chi connectivity index (χ2n) is 4.74. The summed E-state index contributed by atoms with van der Waals surface area (Å²) in [4.78, 5) is 0. The third kappa shape index (κ3) is 3.44. The third-order valence-corrected chi connectivity index (χ3v) is 3.17. The molecule has 2 aromatic rings. The molecule has 20 heavy (non-hydrogen) atoms. The van der Waals surface area contributed by atoms with Crippen LogP contribution in [0.1, 0.15) is 25.8 Å². The van der Waals surface area contributed by atoms with Gasteiger partial charge in [-0.05, 0) is 42.7 Å². The summed E-state index contributed by atoms with van der Waals surface area (Å²) in [5.74, 6) is 0.738. The van der Waals surface area contributed by atoms with Crippen molar-refractivity contribution in [2.75, 3.05) is 17.7 Å². The Labute approximate surface area is 120 Å². The van der Waals surface area contributed by atoms with E-state index in [0.29, 0.717) is 12.3 Å². The van der Waals surface area contributed by atoms with E-state index in [4.69, 9.17) is 10.5 Å². The van der Waals surface area contributed by atoms with Crippen LogP contribution in [-0.4, -0.2) is 6.61 Å². The largest absolute Gasteiger partial charge is 0.491 e. The zero-order valence-electron chi connectivity index (χ0n) is 12.1. The summed E-state index contributed by atoms with van der Waals surface area (Å²) in [6.07, 6.45) is 2.01. The van der Waals surface area contributed by atoms with E-state index < -0.39 is 0 Å². The number of aryl methyl sites for hydroxylation is 1. The monoisotopic (exact) mass is 270 g/mol. The van der Waals surface area contributed by atoms with Crippen LogP contribution in [0.5, 0.6) is 5.75 Å². The fourth-order valence-corrected chi connectivity index (χ4v) is 1.97. The molecule has 0 spiro atoms. The molecule has 0 unspecified atom stereocenters. The highest BCUT2D eigenvalue weighted by Gasteiger charge is 2.06. The van der Waals surface area contributed by atoms with Gasteiger partial charge in [0.2, 0.25) is 0 Å². The van der Waals surface area contributed by atoms with Crippen LogP contribution in [0.25, 0.3) is 0 Å². The average Bonchev–Trinajstić information content (AvgIpc) is 2.49. The van der Waals surface area contributed by atoms with Gasteiger partial charge in [-0.1, -0.05) is 32.0 Å². The zero-order valence-corrected chi connectivity index (χ0v) is 12.1. The Morgan fingerprint density at radius 3 is 2.45 bits per heavy atom. The van der Waals surface area contributed by atoms with Crippen molar-refractivity contribution in [2.45, 2.75) is 26.7 Å². The van der Waals surface area contributed by atoms with Gasteiger partial charge >= 0.3 is 0 Å². The molecular weight excluding hydrogens is 248 g/mol. The number of nitrogen functional groups attached to an aromatic ring is 1. The van der Waals surface area contributed by atoms with Crippen LogP contribution >= 0.6 is 0 Å². The van der Waals surface area contributed by atoms with Crippen molar-refractivity contribution in [3.8, 4) is 5.75 Å². The number of benzene rings is 2. The number of para-hydroxylation sites is 1. The summed E-state index contributed by atoms with van der Waals surface area (Å²) >= 11 is 0. The van der Waals surface area contributed by atoms with Gasteiger partial charge in [0.05, 0.1) is 18.0 Å². The second kappa shape index (κ2) is 6.85. The molecule has 0 fully saturated rings. The van der Waals surface area contributed by atoms with Crippen LogP contribution in [0.2, 0.25) is 0 Å². The quantitative estimate of drug-likeness (QED) is 0.766. The van der Waals surface area contributed by atoms with Crippen LogP contribution < -0.4 is 15.8 Å². The standard InChI is InChI=1S/C17H22N2O/c1-3-12-20-16-7-5-6-15(17(16)18)19-14-10-8-13(4-2)9-11-14/h5-11,19H,3-4,12,18H2,1-2H3. The minimum Gasteiger partial charge on any atom is -0.491 e. The fraction of sp³-hybridized carbons (Fsp3) is 0.294. The highest BCUT2D eigenvalue weighted by atomic mass is 16.5. The van der Waals surface area contributed by atoms with Crippen LogP contribution in [-0.2, 0) is 6.42 Å². The number of rotatable bonds is 6. The Balaban J connectivity index is 2.15. The minimum absolute atomic E-state index is 0.653. The summed E-state index contributed by atoms with van der Waals surface area (Å²) in [7, 11) is 0. The molecule has 0 atom stereocenters. The molecule has 0 saturated heterocycles. The number of hydrogen-bond acceptors (Lipinski definition) is 3. The molecule has 0 bridgehead atoms. The average molecular weight is 270 g/mol. The Morgan fingerprint density at radius 1 is 1.05 bits per heavy atom. The molecule has 0 aliphatic heterocycles. The van der Waals surface area contributed by atoms with Crippen molar-refractivity contribution in [3.05, 3.63) is 48.0 Å². The maximum absolute atomic E-state index is 6.14. The molecule has 2 aromatic carbocycles. The molecule has 0 aliphatic rings. The van der Waals surface area contributed by atoms with Gasteiger partial charge in [0.1, 0.15) is 5.75 Å². The van der Waals surface area contributed by atoms with Crippen LogP contribution in [0, 0.1) is 0 Å². The molecule has 0 amide bonds. The predicted molar refractivity (Wildman–Crippen MR) is 85.7 cm³/mol. The lowest BCUT2D eigenvalue weighted by Gasteiger charge is -2.13. The van der Waals surface area contributed by atoms with Crippen molar-refractivity contribution < 1.29 is 4.74 Å². The lowest BCUT2D eigenvalue weighted by molar-refractivity contribution is 0.319. The maximum Gasteiger partial charge on any atom is 0.144 e. The van der Waals surface area contributed by atoms with E-state index in [1.165, 1.54) is 5.56 Å². The van der Waals surface area contributed by atoms with Gasteiger partial charge in [0.15, 0.2) is 0 Å². The van der Waals surface area contributed by atoms with E-state index in [1.807, 2.05) is 18.2 Å². The van der Waals surface area contributed by atoms with Gasteiger partial charge < -0.3 is 15.8 Å². The Morgan fingerprint density at radius 2 is 1.80 bits per heavy atom. The lowest BCUT2D eigenvalue weighted by Crippen LogP contribution is -2.02. The van der Waals surface area contributed by atoms with Crippen molar-refractivity contribution in [1.29, 1.82) is 0 Å². The molecule has 2 rings (SSSR count). The highest BCUT2D eigenvalue weighted by molar-refractivity contribution is 5.77. The van der Waals surface area contributed by atoms with Crippen LogP contribution in [0.15, 0.2) is 42.5 Å². The highest BCUT2D eigenvalue weighted by Crippen LogP contribution is 2.31. The molecule has 106 valence electrons. The number of anilines is 3. The van der Waals surface area contributed by atoms with E-state index in [0.717, 1.165) is 30.0 Å². The number of ether oxygens (including phenoxy) is 1. The van der Waals surface area contributed by atoms with E-state index in [9.17, 15) is 0 Å². The molecule has 0 radical (unpaired) electrons. The van der Waals surface area contributed by atoms with Gasteiger partial charge in [-0.3, -0.25) is 0 Å². The van der Waals surface area contributed by atoms with Crippen molar-refractivity contribution >= 4 is 17.1 Å². The topological polar surface area (TPSA) is 47.3 Å². The van der Waals surface area contributed by atoms with E-state index in [-0.39, 0.29) is 0 Å². The third-order valence-electron chi connectivity index (χ3n) is 3.17. The molecule has 0 aliphatic carbocycles.